The Morgan fingerprint density at radius 3 is 2.38 bits per heavy atom. The lowest BCUT2D eigenvalue weighted by Gasteiger charge is -2.24. The van der Waals surface area contributed by atoms with Gasteiger partial charge in [-0.3, -0.25) is 19.2 Å². The zero-order valence-electron chi connectivity index (χ0n) is 23.1. The van der Waals surface area contributed by atoms with Gasteiger partial charge in [-0.1, -0.05) is 20.3 Å². The van der Waals surface area contributed by atoms with Gasteiger partial charge in [-0.05, 0) is 50.7 Å². The first-order valence-electron chi connectivity index (χ1n) is 13.6. The number of furan rings is 1. The second-order valence-electron chi connectivity index (χ2n) is 10.5. The standard InChI is InChI=1S/C29H35N3O8/c1-5-14(2)26(27(35)31-16(4)28(36)37)32-25(34)13-30-24(33)11-19-15(3)18-10-20-17-8-6-7-9-21(17)39-23(20)12-22(18)40-29(19)38/h10,12,14,16,26H,5-9,11,13H2,1-4H3,(H,30,33)(H,31,35)(H,32,34)(H,36,37). The third-order valence-electron chi connectivity index (χ3n) is 7.69. The lowest BCUT2D eigenvalue weighted by molar-refractivity contribution is -0.142. The average Bonchev–Trinajstić information content (AvgIpc) is 3.28. The van der Waals surface area contributed by atoms with Crippen LogP contribution in [0.5, 0.6) is 0 Å². The molecular weight excluding hydrogens is 518 g/mol. The molecule has 2 heterocycles. The monoisotopic (exact) mass is 553 g/mol. The molecule has 1 aromatic carbocycles. The molecule has 0 saturated heterocycles. The molecule has 3 atom stereocenters. The molecule has 4 N–H and O–H groups in total. The van der Waals surface area contributed by atoms with Gasteiger partial charge in [-0.25, -0.2) is 4.79 Å². The number of rotatable bonds is 10. The predicted molar refractivity (Wildman–Crippen MR) is 147 cm³/mol. The number of nitrogens with one attached hydrogen (secondary N) is 3. The molecule has 11 heteroatoms. The van der Waals surface area contributed by atoms with Crippen LogP contribution in [-0.4, -0.2) is 47.4 Å². The minimum Gasteiger partial charge on any atom is -0.480 e. The molecule has 11 nitrogen and oxygen atoms in total. The summed E-state index contributed by atoms with van der Waals surface area (Å²) >= 11 is 0. The highest BCUT2D eigenvalue weighted by Crippen LogP contribution is 2.35. The van der Waals surface area contributed by atoms with Gasteiger partial charge in [0.15, 0.2) is 0 Å². The van der Waals surface area contributed by atoms with Gasteiger partial charge in [-0.2, -0.15) is 0 Å². The van der Waals surface area contributed by atoms with Gasteiger partial charge in [0.1, 0.15) is 29.0 Å². The molecule has 1 aliphatic rings. The number of carbonyl (C=O) groups is 4. The molecular formula is C29H35N3O8. The average molecular weight is 554 g/mol. The van der Waals surface area contributed by atoms with E-state index in [-0.39, 0.29) is 17.9 Å². The molecule has 4 rings (SSSR count). The van der Waals surface area contributed by atoms with Crippen molar-refractivity contribution in [2.24, 2.45) is 5.92 Å². The zero-order valence-corrected chi connectivity index (χ0v) is 23.1. The van der Waals surface area contributed by atoms with Gasteiger partial charge >= 0.3 is 11.6 Å². The third kappa shape index (κ3) is 6.03. The number of benzene rings is 1. The van der Waals surface area contributed by atoms with Gasteiger partial charge in [-0.15, -0.1) is 0 Å². The van der Waals surface area contributed by atoms with Crippen LogP contribution in [0.25, 0.3) is 21.9 Å². The minimum absolute atomic E-state index is 0.196. The molecule has 0 radical (unpaired) electrons. The maximum atomic E-state index is 12.8. The van der Waals surface area contributed by atoms with Crippen LogP contribution in [0.2, 0.25) is 0 Å². The van der Waals surface area contributed by atoms with Gasteiger partial charge in [0.2, 0.25) is 17.7 Å². The van der Waals surface area contributed by atoms with Gasteiger partial charge < -0.3 is 29.9 Å². The molecule has 0 fully saturated rings. The number of hydrogen-bond acceptors (Lipinski definition) is 7. The summed E-state index contributed by atoms with van der Waals surface area (Å²) < 4.78 is 11.6. The molecule has 2 aromatic heterocycles. The van der Waals surface area contributed by atoms with E-state index in [0.717, 1.165) is 42.2 Å². The van der Waals surface area contributed by atoms with E-state index in [4.69, 9.17) is 13.9 Å². The Kier molecular flexibility index (Phi) is 8.61. The van der Waals surface area contributed by atoms with E-state index in [1.54, 1.807) is 19.9 Å². The van der Waals surface area contributed by atoms with Gasteiger partial charge in [0.25, 0.3) is 0 Å². The van der Waals surface area contributed by atoms with Crippen molar-refractivity contribution in [1.29, 1.82) is 0 Å². The summed E-state index contributed by atoms with van der Waals surface area (Å²) in [5.74, 6) is -2.31. The maximum absolute atomic E-state index is 12.8. The summed E-state index contributed by atoms with van der Waals surface area (Å²) in [6.45, 7) is 6.26. The van der Waals surface area contributed by atoms with Crippen molar-refractivity contribution in [2.75, 3.05) is 6.54 Å². The Balaban J connectivity index is 1.45. The number of aliphatic carboxylic acids is 1. The smallest absolute Gasteiger partial charge is 0.340 e. The van der Waals surface area contributed by atoms with E-state index in [1.807, 2.05) is 13.0 Å². The van der Waals surface area contributed by atoms with Crippen LogP contribution in [0.15, 0.2) is 25.8 Å². The normalized spacial score (nSPS) is 15.2. The Hall–Kier alpha value is -4.15. The van der Waals surface area contributed by atoms with Crippen LogP contribution in [0.4, 0.5) is 0 Å². The number of amides is 3. The summed E-state index contributed by atoms with van der Waals surface area (Å²) in [6, 6.07) is 1.59. The number of fused-ring (bicyclic) bond motifs is 4. The third-order valence-corrected chi connectivity index (χ3v) is 7.69. The Labute approximate surface area is 230 Å². The first kappa shape index (κ1) is 28.8. The highest BCUT2D eigenvalue weighted by Gasteiger charge is 2.28. The number of hydrogen-bond donors (Lipinski definition) is 4. The molecule has 3 unspecified atom stereocenters. The second kappa shape index (κ2) is 11.9. The molecule has 214 valence electrons. The fourth-order valence-electron chi connectivity index (χ4n) is 5.04. The number of aryl methyl sites for hydroxylation is 3. The Morgan fingerprint density at radius 1 is 0.975 bits per heavy atom. The second-order valence-corrected chi connectivity index (χ2v) is 10.5. The molecule has 3 amide bonds. The number of carboxylic acids is 1. The Morgan fingerprint density at radius 2 is 1.68 bits per heavy atom. The summed E-state index contributed by atoms with van der Waals surface area (Å²) in [4.78, 5) is 61.7. The highest BCUT2D eigenvalue weighted by molar-refractivity contribution is 5.97. The van der Waals surface area contributed by atoms with Crippen molar-refractivity contribution in [3.05, 3.63) is 45.0 Å². The van der Waals surface area contributed by atoms with Crippen LogP contribution < -0.4 is 21.6 Å². The summed E-state index contributed by atoms with van der Waals surface area (Å²) in [5, 5.41) is 18.2. The molecule has 3 aromatic rings. The van der Waals surface area contributed by atoms with E-state index in [9.17, 15) is 24.0 Å². The Bertz CT molecular complexity index is 1540. The van der Waals surface area contributed by atoms with Crippen LogP contribution in [0.3, 0.4) is 0 Å². The lowest BCUT2D eigenvalue weighted by Crippen LogP contribution is -2.54. The quantitative estimate of drug-likeness (QED) is 0.278. The predicted octanol–water partition coefficient (Wildman–Crippen LogP) is 2.51. The largest absolute Gasteiger partial charge is 0.480 e. The summed E-state index contributed by atoms with van der Waals surface area (Å²) in [6.07, 6.45) is 4.24. The molecule has 0 saturated carbocycles. The van der Waals surface area contributed by atoms with E-state index >= 15 is 0 Å². The number of carbonyl (C=O) groups excluding carboxylic acids is 3. The summed E-state index contributed by atoms with van der Waals surface area (Å²) in [5.41, 5.74) is 2.43. The first-order chi connectivity index (χ1) is 19.0. The van der Waals surface area contributed by atoms with E-state index in [1.165, 1.54) is 12.5 Å². The summed E-state index contributed by atoms with van der Waals surface area (Å²) in [7, 11) is 0. The minimum atomic E-state index is -1.20. The van der Waals surface area contributed by atoms with Crippen molar-refractivity contribution >= 4 is 45.6 Å². The topological polar surface area (TPSA) is 168 Å². The van der Waals surface area contributed by atoms with Crippen molar-refractivity contribution < 1.29 is 33.1 Å². The van der Waals surface area contributed by atoms with Crippen LogP contribution in [-0.2, 0) is 38.4 Å². The zero-order chi connectivity index (χ0) is 29.1. The van der Waals surface area contributed by atoms with Crippen LogP contribution in [0.1, 0.15) is 62.5 Å². The molecule has 0 spiro atoms. The SMILES string of the molecule is CCC(C)C(NC(=O)CNC(=O)Cc1c(C)c2cc3c4c(oc3cc2oc1=O)CCCC4)C(=O)NC(C)C(=O)O. The van der Waals surface area contributed by atoms with E-state index in [2.05, 4.69) is 16.0 Å². The van der Waals surface area contributed by atoms with E-state index in [0.29, 0.717) is 23.2 Å². The van der Waals surface area contributed by atoms with Crippen molar-refractivity contribution in [3.8, 4) is 0 Å². The van der Waals surface area contributed by atoms with E-state index < -0.39 is 47.9 Å². The first-order valence-corrected chi connectivity index (χ1v) is 13.6. The van der Waals surface area contributed by atoms with Crippen LogP contribution >= 0.6 is 0 Å². The lowest BCUT2D eigenvalue weighted by atomic mass is 9.94. The molecule has 0 aliphatic heterocycles. The maximum Gasteiger partial charge on any atom is 0.340 e. The van der Waals surface area contributed by atoms with Crippen molar-refractivity contribution in [2.45, 2.75) is 78.3 Å². The fourth-order valence-corrected chi connectivity index (χ4v) is 5.04. The number of carboxylic acid groups (broad SMARTS) is 1. The van der Waals surface area contributed by atoms with Gasteiger partial charge in [0, 0.05) is 28.8 Å². The molecule has 1 aliphatic carbocycles. The molecule has 40 heavy (non-hydrogen) atoms. The van der Waals surface area contributed by atoms with Crippen molar-refractivity contribution in [3.63, 3.8) is 0 Å². The van der Waals surface area contributed by atoms with Crippen LogP contribution in [0, 0.1) is 12.8 Å². The van der Waals surface area contributed by atoms with Crippen molar-refractivity contribution in [1.82, 2.24) is 16.0 Å². The van der Waals surface area contributed by atoms with Gasteiger partial charge in [0.05, 0.1) is 18.5 Å². The fraction of sp³-hybridized carbons (Fsp3) is 0.483. The highest BCUT2D eigenvalue weighted by atomic mass is 16.4. The molecule has 0 bridgehead atoms.